The highest BCUT2D eigenvalue weighted by Gasteiger charge is 2.46. The van der Waals surface area contributed by atoms with Crippen molar-refractivity contribution in [2.45, 2.75) is 5.41 Å². The molecule has 342 valence electrons. The zero-order valence-corrected chi connectivity index (χ0v) is 40.0. The maximum absolute atomic E-state index is 6.74. The van der Waals surface area contributed by atoms with E-state index < -0.39 is 5.41 Å². The minimum Gasteiger partial charge on any atom is -0.455 e. The fraction of sp³-hybridized carbons (Fsp3) is 0.0141. The summed E-state index contributed by atoms with van der Waals surface area (Å²) < 4.78 is 6.74. The topological polar surface area (TPSA) is 16.4 Å². The number of para-hydroxylation sites is 1. The molecule has 1 heterocycles. The van der Waals surface area contributed by atoms with E-state index in [2.05, 4.69) is 290 Å². The number of hydrogen-bond acceptors (Lipinski definition) is 2. The number of fused-ring (bicyclic) bond motifs is 8. The fourth-order valence-corrected chi connectivity index (χ4v) is 12.0. The van der Waals surface area contributed by atoms with Crippen LogP contribution in [0.15, 0.2) is 290 Å². The minimum atomic E-state index is -0.576. The van der Waals surface area contributed by atoms with Crippen molar-refractivity contribution in [2.75, 3.05) is 4.90 Å². The van der Waals surface area contributed by atoms with E-state index in [1.807, 2.05) is 0 Å². The number of nitrogens with zero attached hydrogens (tertiary/aromatic N) is 1. The predicted octanol–water partition coefficient (Wildman–Crippen LogP) is 19.2. The van der Waals surface area contributed by atoms with E-state index in [9.17, 15) is 0 Å². The molecular weight excluding hydrogens is 883 g/mol. The van der Waals surface area contributed by atoms with Gasteiger partial charge in [0, 0.05) is 33.1 Å². The van der Waals surface area contributed by atoms with E-state index in [0.717, 1.165) is 72.0 Å². The average molecular weight is 930 g/mol. The lowest BCUT2D eigenvalue weighted by Crippen LogP contribution is -2.28. The molecule has 12 aromatic carbocycles. The Kier molecular flexibility index (Phi) is 10.1. The van der Waals surface area contributed by atoms with Crippen LogP contribution in [0.2, 0.25) is 0 Å². The Labute approximate surface area is 425 Å². The Hall–Kier alpha value is -9.50. The van der Waals surface area contributed by atoms with Crippen molar-refractivity contribution in [1.82, 2.24) is 0 Å². The summed E-state index contributed by atoms with van der Waals surface area (Å²) in [6.45, 7) is 0. The van der Waals surface area contributed by atoms with Crippen molar-refractivity contribution in [3.63, 3.8) is 0 Å². The maximum atomic E-state index is 6.74. The van der Waals surface area contributed by atoms with Gasteiger partial charge in [-0.25, -0.2) is 0 Å². The Morgan fingerprint density at radius 1 is 0.301 bits per heavy atom. The van der Waals surface area contributed by atoms with Crippen LogP contribution in [0.3, 0.4) is 0 Å². The summed E-state index contributed by atoms with van der Waals surface area (Å²) in [7, 11) is 0. The smallest absolute Gasteiger partial charge is 0.143 e. The zero-order chi connectivity index (χ0) is 48.3. The van der Waals surface area contributed by atoms with Crippen LogP contribution in [0.4, 0.5) is 17.1 Å². The van der Waals surface area contributed by atoms with E-state index in [-0.39, 0.29) is 0 Å². The minimum absolute atomic E-state index is 0.576. The highest BCUT2D eigenvalue weighted by Crippen LogP contribution is 2.58. The molecule has 0 saturated heterocycles. The molecule has 14 rings (SSSR count). The van der Waals surface area contributed by atoms with E-state index in [1.54, 1.807) is 0 Å². The third-order valence-corrected chi connectivity index (χ3v) is 15.2. The zero-order valence-electron chi connectivity index (χ0n) is 40.0. The molecule has 0 bridgehead atoms. The van der Waals surface area contributed by atoms with E-state index >= 15 is 0 Å². The van der Waals surface area contributed by atoms with Crippen LogP contribution in [0.5, 0.6) is 0 Å². The largest absolute Gasteiger partial charge is 0.455 e. The first-order valence-corrected chi connectivity index (χ1v) is 25.2. The molecule has 73 heavy (non-hydrogen) atoms. The molecule has 2 nitrogen and oxygen atoms in total. The van der Waals surface area contributed by atoms with Crippen LogP contribution >= 0.6 is 0 Å². The van der Waals surface area contributed by atoms with Gasteiger partial charge < -0.3 is 9.32 Å². The van der Waals surface area contributed by atoms with E-state index in [4.69, 9.17) is 4.42 Å². The molecule has 0 N–H and O–H groups in total. The summed E-state index contributed by atoms with van der Waals surface area (Å²) in [6, 6.07) is 104. The van der Waals surface area contributed by atoms with Crippen molar-refractivity contribution in [2.24, 2.45) is 0 Å². The summed E-state index contributed by atoms with van der Waals surface area (Å²) in [5.41, 5.74) is 21.1. The number of anilines is 3. The maximum Gasteiger partial charge on any atom is 0.143 e. The van der Waals surface area contributed by atoms with Crippen molar-refractivity contribution in [3.8, 4) is 55.6 Å². The summed E-state index contributed by atoms with van der Waals surface area (Å²) in [5, 5.41) is 4.51. The molecule has 0 spiro atoms. The standard InChI is InChI=1S/C71H47NO/c1-4-22-48(23-5-1)55-31-12-13-33-58(55)59-34-14-15-35-60(59)63-37-17-19-40-67(63)72(53-30-20-25-50(46-53)56-38-21-41-68-69(56)64-44-42-49-24-10-11-32-57(49)70(64)73-68)54-43-45-62-61-36-16-18-39-65(61)71(66(62)47-54,51-26-6-2-7-27-51)52-28-8-3-9-29-52/h1-47H. The lowest BCUT2D eigenvalue weighted by Gasteiger charge is -2.35. The monoisotopic (exact) mass is 929 g/mol. The molecule has 0 aliphatic heterocycles. The Morgan fingerprint density at radius 2 is 0.836 bits per heavy atom. The second-order valence-corrected chi connectivity index (χ2v) is 19.1. The summed E-state index contributed by atoms with van der Waals surface area (Å²) in [6.07, 6.45) is 0. The Balaban J connectivity index is 1.03. The van der Waals surface area contributed by atoms with E-state index in [1.165, 1.54) is 55.6 Å². The second kappa shape index (κ2) is 17.4. The lowest BCUT2D eigenvalue weighted by atomic mass is 9.67. The number of furan rings is 1. The third-order valence-electron chi connectivity index (χ3n) is 15.2. The van der Waals surface area contributed by atoms with Gasteiger partial charge in [-0.3, -0.25) is 0 Å². The molecule has 1 aliphatic carbocycles. The van der Waals surface area contributed by atoms with Crippen LogP contribution in [0.1, 0.15) is 22.3 Å². The molecule has 0 unspecified atom stereocenters. The fourth-order valence-electron chi connectivity index (χ4n) is 12.0. The van der Waals surface area contributed by atoms with Crippen LogP contribution in [0.25, 0.3) is 88.3 Å². The van der Waals surface area contributed by atoms with E-state index in [0.29, 0.717) is 0 Å². The van der Waals surface area contributed by atoms with Crippen LogP contribution in [-0.2, 0) is 5.41 Å². The average Bonchev–Trinajstić information content (AvgIpc) is 4.01. The molecular formula is C71H47NO. The Morgan fingerprint density at radius 3 is 1.59 bits per heavy atom. The third kappa shape index (κ3) is 6.79. The Bertz CT molecular complexity index is 4170. The van der Waals surface area contributed by atoms with Gasteiger partial charge in [0.1, 0.15) is 11.2 Å². The number of hydrogen-bond donors (Lipinski definition) is 0. The molecule has 1 aromatic heterocycles. The van der Waals surface area contributed by atoms with Crippen molar-refractivity contribution < 1.29 is 4.42 Å². The van der Waals surface area contributed by atoms with Gasteiger partial charge >= 0.3 is 0 Å². The molecule has 2 heteroatoms. The van der Waals surface area contributed by atoms with Gasteiger partial charge in [0.05, 0.1) is 11.1 Å². The van der Waals surface area contributed by atoms with Crippen LogP contribution in [0, 0.1) is 0 Å². The second-order valence-electron chi connectivity index (χ2n) is 19.1. The molecule has 13 aromatic rings. The first-order valence-electron chi connectivity index (χ1n) is 25.2. The highest BCUT2D eigenvalue weighted by atomic mass is 16.3. The molecule has 0 saturated carbocycles. The molecule has 0 atom stereocenters. The summed E-state index contributed by atoms with van der Waals surface area (Å²) in [5.74, 6) is 0. The van der Waals surface area contributed by atoms with Gasteiger partial charge in [-0.05, 0) is 120 Å². The summed E-state index contributed by atoms with van der Waals surface area (Å²) >= 11 is 0. The van der Waals surface area contributed by atoms with Crippen LogP contribution in [-0.4, -0.2) is 0 Å². The van der Waals surface area contributed by atoms with Gasteiger partial charge in [0.15, 0.2) is 0 Å². The summed E-state index contributed by atoms with van der Waals surface area (Å²) in [4.78, 5) is 2.49. The molecule has 0 amide bonds. The van der Waals surface area contributed by atoms with Crippen molar-refractivity contribution in [3.05, 3.63) is 307 Å². The predicted molar refractivity (Wildman–Crippen MR) is 305 cm³/mol. The van der Waals surface area contributed by atoms with Gasteiger partial charge in [-0.2, -0.15) is 0 Å². The molecule has 0 fully saturated rings. The SMILES string of the molecule is c1ccc(-c2ccccc2-c2ccccc2-c2ccccc2N(c2cccc(-c3cccc4oc5c6ccccc6ccc5c34)c2)c2ccc3c(c2)C(c2ccccc2)(c2ccccc2)c2ccccc2-3)cc1. The molecule has 1 aliphatic rings. The van der Waals surface area contributed by atoms with Gasteiger partial charge in [-0.15, -0.1) is 0 Å². The van der Waals surface area contributed by atoms with Gasteiger partial charge in [-0.1, -0.05) is 243 Å². The normalized spacial score (nSPS) is 12.5. The lowest BCUT2D eigenvalue weighted by molar-refractivity contribution is 0.673. The quantitative estimate of drug-likeness (QED) is 0.143. The first kappa shape index (κ1) is 42.4. The van der Waals surface area contributed by atoms with Gasteiger partial charge in [0.25, 0.3) is 0 Å². The first-order chi connectivity index (χ1) is 36.2. The van der Waals surface area contributed by atoms with Crippen LogP contribution < -0.4 is 4.90 Å². The number of rotatable bonds is 9. The van der Waals surface area contributed by atoms with Crippen molar-refractivity contribution >= 4 is 49.8 Å². The highest BCUT2D eigenvalue weighted by molar-refractivity contribution is 6.19. The number of benzene rings is 12. The van der Waals surface area contributed by atoms with Crippen molar-refractivity contribution in [1.29, 1.82) is 0 Å². The molecule has 0 radical (unpaired) electrons. The van der Waals surface area contributed by atoms with Gasteiger partial charge in [0.2, 0.25) is 0 Å².